The maximum absolute atomic E-state index is 5.97. The molecule has 2 N–H and O–H groups in total. The number of nitrogens with two attached hydrogens (primary N) is 1. The van der Waals surface area contributed by atoms with Gasteiger partial charge in [-0.05, 0) is 30.0 Å². The minimum absolute atomic E-state index is 0.213. The molecule has 1 aromatic carbocycles. The van der Waals surface area contributed by atoms with Crippen molar-refractivity contribution in [2.24, 2.45) is 5.73 Å². The summed E-state index contributed by atoms with van der Waals surface area (Å²) in [4.78, 5) is 4.44. The Balaban J connectivity index is 1.57. The second kappa shape index (κ2) is 6.31. The average Bonchev–Trinajstić information content (AvgIpc) is 3.13. The fraction of sp³-hybridized carbons (Fsp3) is 0.471. The van der Waals surface area contributed by atoms with E-state index in [0.717, 1.165) is 50.3 Å². The van der Waals surface area contributed by atoms with E-state index in [0.29, 0.717) is 0 Å². The van der Waals surface area contributed by atoms with Gasteiger partial charge in [-0.15, -0.1) is 0 Å². The number of fused-ring (bicyclic) bond motifs is 1. The molecule has 1 unspecified atom stereocenters. The Kier molecular flexibility index (Phi) is 4.25. The number of nitrogens with zero attached hydrogens (tertiary/aromatic N) is 2. The van der Waals surface area contributed by atoms with Gasteiger partial charge < -0.3 is 15.0 Å². The van der Waals surface area contributed by atoms with Gasteiger partial charge in [0.2, 0.25) is 0 Å². The smallest absolute Gasteiger partial charge is 0.122 e. The third-order valence-corrected chi connectivity index (χ3v) is 4.09. The van der Waals surface area contributed by atoms with Crippen molar-refractivity contribution in [3.05, 3.63) is 47.5 Å². The summed E-state index contributed by atoms with van der Waals surface area (Å²) < 4.78 is 7.69. The molecule has 112 valence electrons. The molecule has 1 aliphatic heterocycles. The summed E-state index contributed by atoms with van der Waals surface area (Å²) in [6.07, 6.45) is 7.93. The third-order valence-electron chi connectivity index (χ3n) is 4.09. The molecular weight excluding hydrogens is 262 g/mol. The molecule has 1 aromatic heterocycles. The van der Waals surface area contributed by atoms with Crippen LogP contribution in [0.25, 0.3) is 0 Å². The van der Waals surface area contributed by atoms with E-state index in [-0.39, 0.29) is 6.04 Å². The predicted molar refractivity (Wildman–Crippen MR) is 83.5 cm³/mol. The highest BCUT2D eigenvalue weighted by atomic mass is 16.5. The van der Waals surface area contributed by atoms with E-state index in [4.69, 9.17) is 10.5 Å². The number of rotatable bonds is 6. The van der Waals surface area contributed by atoms with Crippen LogP contribution in [0.15, 0.2) is 30.7 Å². The summed E-state index contributed by atoms with van der Waals surface area (Å²) in [7, 11) is 0. The molecule has 1 aliphatic rings. The summed E-state index contributed by atoms with van der Waals surface area (Å²) in [5.74, 6) is 1.05. The Hall–Kier alpha value is -1.81. The second-order valence-electron chi connectivity index (χ2n) is 5.77. The van der Waals surface area contributed by atoms with Crippen molar-refractivity contribution >= 4 is 0 Å². The number of aromatic nitrogens is 2. The van der Waals surface area contributed by atoms with Gasteiger partial charge in [0.25, 0.3) is 0 Å². The van der Waals surface area contributed by atoms with E-state index in [1.54, 1.807) is 0 Å². The zero-order chi connectivity index (χ0) is 14.7. The standard InChI is InChI=1S/C17H23N3O/c1-2-15(18)10-16-11-20(12-19-16)7-5-13-3-4-17-14(9-13)6-8-21-17/h3-4,9,11-12,15H,2,5-8,10,18H2,1H3. The monoisotopic (exact) mass is 285 g/mol. The molecule has 0 aliphatic carbocycles. The highest BCUT2D eigenvalue weighted by Crippen LogP contribution is 2.26. The third kappa shape index (κ3) is 3.45. The number of hydrogen-bond acceptors (Lipinski definition) is 3. The first-order chi connectivity index (χ1) is 10.2. The molecule has 4 nitrogen and oxygen atoms in total. The van der Waals surface area contributed by atoms with Crippen molar-refractivity contribution in [2.45, 2.75) is 45.2 Å². The first-order valence-corrected chi connectivity index (χ1v) is 7.75. The minimum Gasteiger partial charge on any atom is -0.493 e. The first-order valence-electron chi connectivity index (χ1n) is 7.75. The molecule has 4 heteroatoms. The Morgan fingerprint density at radius 2 is 2.33 bits per heavy atom. The Morgan fingerprint density at radius 1 is 1.43 bits per heavy atom. The van der Waals surface area contributed by atoms with Crippen LogP contribution in [0.3, 0.4) is 0 Å². The Labute approximate surface area is 125 Å². The highest BCUT2D eigenvalue weighted by Gasteiger charge is 2.12. The molecule has 1 atom stereocenters. The minimum atomic E-state index is 0.213. The second-order valence-corrected chi connectivity index (χ2v) is 5.77. The first kappa shape index (κ1) is 14.1. The predicted octanol–water partition coefficient (Wildman–Crippen LogP) is 2.34. The molecular formula is C17H23N3O. The van der Waals surface area contributed by atoms with Gasteiger partial charge in [0.05, 0.1) is 18.6 Å². The molecule has 0 spiro atoms. The van der Waals surface area contributed by atoms with Crippen LogP contribution in [-0.2, 0) is 25.8 Å². The topological polar surface area (TPSA) is 53.1 Å². The molecule has 2 aromatic rings. The highest BCUT2D eigenvalue weighted by molar-refractivity contribution is 5.39. The summed E-state index contributed by atoms with van der Waals surface area (Å²) in [6.45, 7) is 3.88. The van der Waals surface area contributed by atoms with Gasteiger partial charge in [0.1, 0.15) is 5.75 Å². The van der Waals surface area contributed by atoms with Crippen LogP contribution in [0, 0.1) is 0 Å². The molecule has 0 saturated heterocycles. The fourth-order valence-electron chi connectivity index (χ4n) is 2.70. The molecule has 0 amide bonds. The number of benzene rings is 1. The van der Waals surface area contributed by atoms with Gasteiger partial charge in [-0.3, -0.25) is 0 Å². The number of ether oxygens (including phenoxy) is 1. The van der Waals surface area contributed by atoms with Gasteiger partial charge in [0.15, 0.2) is 0 Å². The van der Waals surface area contributed by atoms with Gasteiger partial charge in [-0.2, -0.15) is 0 Å². The summed E-state index contributed by atoms with van der Waals surface area (Å²) in [5.41, 5.74) is 9.76. The van der Waals surface area contributed by atoms with Crippen LogP contribution in [0.5, 0.6) is 5.75 Å². The molecule has 0 fully saturated rings. The summed E-state index contributed by atoms with van der Waals surface area (Å²) >= 11 is 0. The number of hydrogen-bond donors (Lipinski definition) is 1. The van der Waals surface area contributed by atoms with Crippen LogP contribution in [-0.4, -0.2) is 22.2 Å². The van der Waals surface area contributed by atoms with Crippen LogP contribution in [0.4, 0.5) is 0 Å². The summed E-state index contributed by atoms with van der Waals surface area (Å²) in [5, 5.41) is 0. The summed E-state index contributed by atoms with van der Waals surface area (Å²) in [6, 6.07) is 6.74. The molecule has 0 bridgehead atoms. The van der Waals surface area contributed by atoms with Crippen LogP contribution >= 0.6 is 0 Å². The SMILES string of the molecule is CCC(N)Cc1cn(CCc2ccc3c(c2)CCO3)cn1. The van der Waals surface area contributed by atoms with Crippen molar-refractivity contribution in [1.82, 2.24) is 9.55 Å². The van der Waals surface area contributed by atoms with Gasteiger partial charge in [0, 0.05) is 31.6 Å². The van der Waals surface area contributed by atoms with E-state index in [1.165, 1.54) is 11.1 Å². The van der Waals surface area contributed by atoms with Crippen molar-refractivity contribution in [3.8, 4) is 5.75 Å². The van der Waals surface area contributed by atoms with E-state index >= 15 is 0 Å². The molecule has 2 heterocycles. The number of aryl methyl sites for hydroxylation is 2. The van der Waals surface area contributed by atoms with Gasteiger partial charge in [-0.25, -0.2) is 4.98 Å². The van der Waals surface area contributed by atoms with Gasteiger partial charge in [-0.1, -0.05) is 19.1 Å². The van der Waals surface area contributed by atoms with E-state index < -0.39 is 0 Å². The lowest BCUT2D eigenvalue weighted by Crippen LogP contribution is -2.21. The average molecular weight is 285 g/mol. The normalized spacial score (nSPS) is 14.8. The molecule has 0 radical (unpaired) electrons. The Morgan fingerprint density at radius 3 is 3.19 bits per heavy atom. The lowest BCUT2D eigenvalue weighted by molar-refractivity contribution is 0.357. The van der Waals surface area contributed by atoms with E-state index in [9.17, 15) is 0 Å². The largest absolute Gasteiger partial charge is 0.493 e. The van der Waals surface area contributed by atoms with Crippen molar-refractivity contribution < 1.29 is 4.74 Å². The number of imidazole rings is 1. The van der Waals surface area contributed by atoms with Gasteiger partial charge >= 0.3 is 0 Å². The molecule has 0 saturated carbocycles. The maximum atomic E-state index is 5.97. The quantitative estimate of drug-likeness (QED) is 0.886. The lowest BCUT2D eigenvalue weighted by Gasteiger charge is -2.06. The maximum Gasteiger partial charge on any atom is 0.122 e. The van der Waals surface area contributed by atoms with Crippen molar-refractivity contribution in [1.29, 1.82) is 0 Å². The van der Waals surface area contributed by atoms with E-state index in [2.05, 4.69) is 40.9 Å². The van der Waals surface area contributed by atoms with Crippen LogP contribution in [0.2, 0.25) is 0 Å². The van der Waals surface area contributed by atoms with Crippen LogP contribution < -0.4 is 10.5 Å². The fourth-order valence-corrected chi connectivity index (χ4v) is 2.70. The molecule has 3 rings (SSSR count). The van der Waals surface area contributed by atoms with E-state index in [1.807, 2.05) is 6.33 Å². The lowest BCUT2D eigenvalue weighted by atomic mass is 10.1. The molecule has 21 heavy (non-hydrogen) atoms. The Bertz CT molecular complexity index is 606. The van der Waals surface area contributed by atoms with Crippen LogP contribution in [0.1, 0.15) is 30.2 Å². The zero-order valence-electron chi connectivity index (χ0n) is 12.6. The zero-order valence-corrected chi connectivity index (χ0v) is 12.6. The van der Waals surface area contributed by atoms with Crippen molar-refractivity contribution in [2.75, 3.05) is 6.61 Å². The van der Waals surface area contributed by atoms with Crippen molar-refractivity contribution in [3.63, 3.8) is 0 Å².